The topological polar surface area (TPSA) is 152 Å². The Balaban J connectivity index is 1.47. The highest BCUT2D eigenvalue weighted by molar-refractivity contribution is 6.36. The largest absolute Gasteiger partial charge is 0.504 e. The fourth-order valence-electron chi connectivity index (χ4n) is 8.47. The van der Waals surface area contributed by atoms with E-state index in [0.29, 0.717) is 32.4 Å². The van der Waals surface area contributed by atoms with Crippen LogP contribution in [0.25, 0.3) is 0 Å². The molecule has 3 fully saturated rings. The van der Waals surface area contributed by atoms with Gasteiger partial charge in [-0.25, -0.2) is 4.79 Å². The van der Waals surface area contributed by atoms with Crippen LogP contribution in [0.4, 0.5) is 10.5 Å². The van der Waals surface area contributed by atoms with Gasteiger partial charge in [0.2, 0.25) is 11.8 Å². The summed E-state index contributed by atoms with van der Waals surface area (Å²) in [6.07, 6.45) is 0.871. The molecule has 264 valence electrons. The van der Waals surface area contributed by atoms with Gasteiger partial charge in [-0.3, -0.25) is 24.6 Å². The first-order chi connectivity index (χ1) is 24.5. The molecule has 6 atom stereocenters. The zero-order valence-electron chi connectivity index (χ0n) is 27.7. The number of hydrogen-bond donors (Lipinski definition) is 2. The van der Waals surface area contributed by atoms with E-state index >= 15 is 4.79 Å². The van der Waals surface area contributed by atoms with Crippen LogP contribution >= 0.6 is 23.2 Å². The number of benzene rings is 3. The summed E-state index contributed by atoms with van der Waals surface area (Å²) in [5, 5.41) is 12.2. The zero-order valence-corrected chi connectivity index (χ0v) is 29.2. The van der Waals surface area contributed by atoms with Crippen LogP contribution in [-0.4, -0.2) is 65.6 Å². The number of methoxy groups -OCH3 is 2. The van der Waals surface area contributed by atoms with Crippen LogP contribution in [0, 0.1) is 23.7 Å². The SMILES string of the molecule is CCOc1cc(C2C3=CCC4C(=O)N(C(=O)OC)C(=O)C4C3CC3C(=O)N(Nc4ccc(Cl)cc4Cl)C(=O)C32c2ccc(OC)cc2)ccc1O. The Morgan fingerprint density at radius 2 is 1.71 bits per heavy atom. The van der Waals surface area contributed by atoms with Crippen LogP contribution in [0.15, 0.2) is 72.3 Å². The Labute approximate surface area is 302 Å². The molecule has 2 aliphatic carbocycles. The third-order valence-corrected chi connectivity index (χ3v) is 11.1. The van der Waals surface area contributed by atoms with Gasteiger partial charge < -0.3 is 19.3 Å². The van der Waals surface area contributed by atoms with Crippen LogP contribution in [0.3, 0.4) is 0 Å². The number of hydrazine groups is 1. The predicted molar refractivity (Wildman–Crippen MR) is 184 cm³/mol. The molecule has 0 aromatic heterocycles. The maximum Gasteiger partial charge on any atom is 0.423 e. The Morgan fingerprint density at radius 3 is 2.37 bits per heavy atom. The van der Waals surface area contributed by atoms with Crippen molar-refractivity contribution in [3.63, 3.8) is 0 Å². The van der Waals surface area contributed by atoms with Gasteiger partial charge in [-0.15, -0.1) is 0 Å². The average Bonchev–Trinajstić information content (AvgIpc) is 3.50. The van der Waals surface area contributed by atoms with Crippen molar-refractivity contribution < 1.29 is 43.3 Å². The van der Waals surface area contributed by atoms with Crippen molar-refractivity contribution in [3.8, 4) is 17.2 Å². The molecule has 0 radical (unpaired) electrons. The molecule has 3 aromatic carbocycles. The molecule has 51 heavy (non-hydrogen) atoms. The molecular formula is C37H33Cl2N3O9. The van der Waals surface area contributed by atoms with Gasteiger partial charge in [-0.05, 0) is 79.3 Å². The smallest absolute Gasteiger partial charge is 0.423 e. The lowest BCUT2D eigenvalue weighted by molar-refractivity contribution is -0.140. The number of rotatable bonds is 7. The van der Waals surface area contributed by atoms with Gasteiger partial charge in [0.05, 0.1) is 54.7 Å². The van der Waals surface area contributed by atoms with Gasteiger partial charge >= 0.3 is 6.09 Å². The molecule has 12 nitrogen and oxygen atoms in total. The molecule has 2 saturated heterocycles. The molecule has 1 saturated carbocycles. The van der Waals surface area contributed by atoms with E-state index in [1.54, 1.807) is 55.5 Å². The molecule has 3 aromatic rings. The number of amides is 5. The highest BCUT2D eigenvalue weighted by Crippen LogP contribution is 2.64. The highest BCUT2D eigenvalue weighted by Gasteiger charge is 2.70. The summed E-state index contributed by atoms with van der Waals surface area (Å²) in [7, 11) is 2.61. The van der Waals surface area contributed by atoms with Gasteiger partial charge in [0.1, 0.15) is 5.75 Å². The second kappa shape index (κ2) is 12.9. The number of carbonyl (C=O) groups excluding carboxylic acids is 5. The molecule has 2 aliphatic heterocycles. The Kier molecular flexibility index (Phi) is 8.71. The molecule has 4 aliphatic rings. The van der Waals surface area contributed by atoms with E-state index in [2.05, 4.69) is 5.43 Å². The van der Waals surface area contributed by atoms with Gasteiger partial charge in [-0.1, -0.05) is 53.1 Å². The first kappa shape index (κ1) is 34.4. The van der Waals surface area contributed by atoms with Crippen molar-refractivity contribution in [1.29, 1.82) is 0 Å². The Hall–Kier alpha value is -5.07. The van der Waals surface area contributed by atoms with Crippen molar-refractivity contribution in [3.05, 3.63) is 93.5 Å². The normalized spacial score (nSPS) is 26.7. The van der Waals surface area contributed by atoms with Gasteiger partial charge in [0, 0.05) is 10.9 Å². The van der Waals surface area contributed by atoms with Crippen molar-refractivity contribution >= 4 is 58.6 Å². The van der Waals surface area contributed by atoms with Crippen molar-refractivity contribution in [2.75, 3.05) is 26.3 Å². The number of ether oxygens (including phenoxy) is 3. The number of halogens is 2. The van der Waals surface area contributed by atoms with Gasteiger partial charge in [0.15, 0.2) is 11.5 Å². The summed E-state index contributed by atoms with van der Waals surface area (Å²) in [5.74, 6) is -6.57. The van der Waals surface area contributed by atoms with E-state index in [9.17, 15) is 24.3 Å². The molecule has 14 heteroatoms. The molecule has 7 rings (SSSR count). The van der Waals surface area contributed by atoms with Crippen LogP contribution in [0.1, 0.15) is 36.8 Å². The minimum absolute atomic E-state index is 0.00291. The fourth-order valence-corrected chi connectivity index (χ4v) is 8.92. The Bertz CT molecular complexity index is 2020. The monoisotopic (exact) mass is 733 g/mol. The number of allylic oxidation sites excluding steroid dienone is 2. The number of fused-ring (bicyclic) bond motifs is 4. The number of hydrogen-bond acceptors (Lipinski definition) is 10. The van der Waals surface area contributed by atoms with Crippen molar-refractivity contribution in [1.82, 2.24) is 9.91 Å². The maximum absolute atomic E-state index is 15.3. The maximum atomic E-state index is 15.3. The standard InChI is InChI=1S/C37H33Cl2N3O9/c1-4-51-29-15-18(5-14-28(29)43)31-22-11-12-23-30(34(46)41(32(23)44)36(48)50-3)24(22)17-25-33(45)42(40-27-13-8-20(38)16-26(27)39)35(47)37(25,31)19-6-9-21(49-2)10-7-19/h5-11,13-16,23-25,30-31,40,43H,4,12,17H2,1-3H3. The van der Waals surface area contributed by atoms with Gasteiger partial charge in [-0.2, -0.15) is 9.91 Å². The number of carbonyl (C=O) groups is 5. The highest BCUT2D eigenvalue weighted by atomic mass is 35.5. The number of anilines is 1. The number of imide groups is 4. The fraction of sp³-hybridized carbons (Fsp3) is 0.324. The van der Waals surface area contributed by atoms with Crippen molar-refractivity contribution in [2.45, 2.75) is 31.1 Å². The lowest BCUT2D eigenvalue weighted by Crippen LogP contribution is -2.53. The van der Waals surface area contributed by atoms with Gasteiger partial charge in [0.25, 0.3) is 11.8 Å². The minimum atomic E-state index is -1.61. The summed E-state index contributed by atoms with van der Waals surface area (Å²) in [6.45, 7) is 2.00. The summed E-state index contributed by atoms with van der Waals surface area (Å²) >= 11 is 12.6. The van der Waals surface area contributed by atoms with Crippen LogP contribution in [0.2, 0.25) is 10.0 Å². The molecule has 2 heterocycles. The summed E-state index contributed by atoms with van der Waals surface area (Å²) in [6, 6.07) is 16.2. The molecular weight excluding hydrogens is 701 g/mol. The van der Waals surface area contributed by atoms with E-state index in [1.807, 2.05) is 6.08 Å². The van der Waals surface area contributed by atoms with E-state index < -0.39 is 64.7 Å². The van der Waals surface area contributed by atoms with Crippen molar-refractivity contribution in [2.24, 2.45) is 23.7 Å². The van der Waals surface area contributed by atoms with E-state index in [4.69, 9.17) is 37.4 Å². The lowest BCUT2D eigenvalue weighted by Gasteiger charge is -2.50. The van der Waals surface area contributed by atoms with E-state index in [1.165, 1.54) is 19.2 Å². The molecule has 5 amide bonds. The predicted octanol–water partition coefficient (Wildman–Crippen LogP) is 5.86. The second-order valence-electron chi connectivity index (χ2n) is 12.9. The summed E-state index contributed by atoms with van der Waals surface area (Å²) in [4.78, 5) is 70.8. The number of phenols is 1. The third-order valence-electron chi connectivity index (χ3n) is 10.6. The summed E-state index contributed by atoms with van der Waals surface area (Å²) < 4.78 is 16.0. The molecule has 2 N–H and O–H groups in total. The quantitative estimate of drug-likeness (QED) is 0.223. The summed E-state index contributed by atoms with van der Waals surface area (Å²) in [5.41, 5.74) is 3.26. The second-order valence-corrected chi connectivity index (χ2v) is 13.7. The number of nitrogens with zero attached hydrogens (tertiary/aromatic N) is 2. The van der Waals surface area contributed by atoms with Crippen LogP contribution < -0.4 is 14.9 Å². The first-order valence-corrected chi connectivity index (χ1v) is 17.1. The number of likely N-dealkylation sites (tertiary alicyclic amines) is 1. The number of nitrogens with one attached hydrogen (secondary N) is 1. The zero-order chi connectivity index (χ0) is 36.4. The third kappa shape index (κ3) is 5.14. The molecule has 0 bridgehead atoms. The average molecular weight is 735 g/mol. The van der Waals surface area contributed by atoms with Crippen LogP contribution in [-0.2, 0) is 29.3 Å². The van der Waals surface area contributed by atoms with E-state index in [-0.39, 0.29) is 41.7 Å². The molecule has 6 unspecified atom stereocenters. The lowest BCUT2D eigenvalue weighted by atomic mass is 9.49. The first-order valence-electron chi connectivity index (χ1n) is 16.3. The number of phenolic OH excluding ortho intramolecular Hbond substituents is 1. The Morgan fingerprint density at radius 1 is 0.961 bits per heavy atom. The van der Waals surface area contributed by atoms with E-state index in [0.717, 1.165) is 12.1 Å². The number of aromatic hydroxyl groups is 1. The molecule has 0 spiro atoms. The van der Waals surface area contributed by atoms with Crippen LogP contribution in [0.5, 0.6) is 17.2 Å². The minimum Gasteiger partial charge on any atom is -0.504 e.